The molecule has 0 bridgehead atoms. The summed E-state index contributed by atoms with van der Waals surface area (Å²) in [5.41, 5.74) is 1.68. The molecular formula is C15H19NO3. The van der Waals surface area contributed by atoms with Crippen LogP contribution in [0.15, 0.2) is 18.2 Å². The number of carbonyl (C=O) groups is 1. The third kappa shape index (κ3) is 2.21. The Balaban J connectivity index is 1.94. The summed E-state index contributed by atoms with van der Waals surface area (Å²) in [7, 11) is 0. The minimum atomic E-state index is -0.755. The SMILES string of the molecule is CC(C)c1ccc2c(c1)C(=O)OC1(CCNCC1)O2. The van der Waals surface area contributed by atoms with Crippen molar-refractivity contribution in [2.75, 3.05) is 13.1 Å². The summed E-state index contributed by atoms with van der Waals surface area (Å²) in [4.78, 5) is 12.2. The molecule has 1 fully saturated rings. The highest BCUT2D eigenvalue weighted by Gasteiger charge is 2.43. The molecule has 2 aliphatic rings. The zero-order valence-corrected chi connectivity index (χ0v) is 11.4. The number of ether oxygens (including phenoxy) is 2. The van der Waals surface area contributed by atoms with Crippen molar-refractivity contribution >= 4 is 5.97 Å². The van der Waals surface area contributed by atoms with Gasteiger partial charge in [0, 0.05) is 25.9 Å². The molecule has 2 aliphatic heterocycles. The van der Waals surface area contributed by atoms with Gasteiger partial charge in [0.25, 0.3) is 5.79 Å². The second kappa shape index (κ2) is 4.53. The highest BCUT2D eigenvalue weighted by atomic mass is 16.7. The van der Waals surface area contributed by atoms with Gasteiger partial charge in [-0.1, -0.05) is 19.9 Å². The third-order valence-corrected chi connectivity index (χ3v) is 3.83. The maximum atomic E-state index is 12.2. The first-order valence-electron chi connectivity index (χ1n) is 6.87. The molecule has 0 aliphatic carbocycles. The second-order valence-corrected chi connectivity index (χ2v) is 5.56. The largest absolute Gasteiger partial charge is 0.451 e. The number of rotatable bonds is 1. The topological polar surface area (TPSA) is 47.6 Å². The standard InChI is InChI=1S/C15H19NO3/c1-10(2)11-3-4-13-12(9-11)14(17)19-15(18-13)5-7-16-8-6-15/h3-4,9-10,16H,5-8H2,1-2H3. The van der Waals surface area contributed by atoms with Gasteiger partial charge in [0.05, 0.1) is 0 Å². The van der Waals surface area contributed by atoms with E-state index in [1.807, 2.05) is 18.2 Å². The number of benzene rings is 1. The Kier molecular flexibility index (Phi) is 2.97. The lowest BCUT2D eigenvalue weighted by molar-refractivity contribution is -0.168. The average Bonchev–Trinajstić information content (AvgIpc) is 2.39. The number of nitrogens with one attached hydrogen (secondary N) is 1. The molecule has 0 radical (unpaired) electrons. The number of carbonyl (C=O) groups excluding carboxylic acids is 1. The maximum absolute atomic E-state index is 12.2. The van der Waals surface area contributed by atoms with Crippen molar-refractivity contribution < 1.29 is 14.3 Å². The molecule has 0 aromatic heterocycles. The number of hydrogen-bond donors (Lipinski definition) is 1. The zero-order valence-electron chi connectivity index (χ0n) is 11.4. The molecule has 3 rings (SSSR count). The van der Waals surface area contributed by atoms with Crippen molar-refractivity contribution in [2.24, 2.45) is 0 Å². The average molecular weight is 261 g/mol. The van der Waals surface area contributed by atoms with Crippen LogP contribution < -0.4 is 10.1 Å². The van der Waals surface area contributed by atoms with E-state index in [4.69, 9.17) is 9.47 Å². The van der Waals surface area contributed by atoms with Crippen molar-refractivity contribution in [3.8, 4) is 5.75 Å². The Morgan fingerprint density at radius 2 is 1.95 bits per heavy atom. The molecule has 2 heterocycles. The second-order valence-electron chi connectivity index (χ2n) is 5.56. The fraction of sp³-hybridized carbons (Fsp3) is 0.533. The van der Waals surface area contributed by atoms with Gasteiger partial charge < -0.3 is 14.8 Å². The monoisotopic (exact) mass is 261 g/mol. The van der Waals surface area contributed by atoms with Crippen molar-refractivity contribution in [1.29, 1.82) is 0 Å². The van der Waals surface area contributed by atoms with E-state index in [9.17, 15) is 4.79 Å². The minimum Gasteiger partial charge on any atom is -0.451 e. The number of piperidine rings is 1. The Morgan fingerprint density at radius 1 is 1.21 bits per heavy atom. The molecule has 1 aromatic carbocycles. The molecule has 0 amide bonds. The molecule has 0 atom stereocenters. The van der Waals surface area contributed by atoms with Crippen LogP contribution in [0.25, 0.3) is 0 Å². The molecule has 19 heavy (non-hydrogen) atoms. The predicted molar refractivity (Wildman–Crippen MR) is 71.4 cm³/mol. The fourth-order valence-electron chi connectivity index (χ4n) is 2.61. The van der Waals surface area contributed by atoms with Crippen LogP contribution in [0.4, 0.5) is 0 Å². The number of hydrogen-bond acceptors (Lipinski definition) is 4. The zero-order chi connectivity index (χ0) is 13.5. The molecule has 0 unspecified atom stereocenters. The van der Waals surface area contributed by atoms with Crippen LogP contribution in [0.5, 0.6) is 5.75 Å². The first-order valence-corrected chi connectivity index (χ1v) is 6.87. The molecule has 4 heteroatoms. The fourth-order valence-corrected chi connectivity index (χ4v) is 2.61. The van der Waals surface area contributed by atoms with Crippen LogP contribution in [0, 0.1) is 0 Å². The summed E-state index contributed by atoms with van der Waals surface area (Å²) < 4.78 is 11.6. The van der Waals surface area contributed by atoms with E-state index in [0.29, 0.717) is 30.1 Å². The van der Waals surface area contributed by atoms with Gasteiger partial charge >= 0.3 is 5.97 Å². The summed E-state index contributed by atoms with van der Waals surface area (Å²) in [6, 6.07) is 5.81. The van der Waals surface area contributed by atoms with E-state index in [1.54, 1.807) is 0 Å². The van der Waals surface area contributed by atoms with Gasteiger partial charge in [-0.15, -0.1) is 0 Å². The molecule has 0 saturated carbocycles. The van der Waals surface area contributed by atoms with Gasteiger partial charge in [0.2, 0.25) is 0 Å². The van der Waals surface area contributed by atoms with Crippen molar-refractivity contribution in [3.05, 3.63) is 29.3 Å². The van der Waals surface area contributed by atoms with Crippen LogP contribution in [0.2, 0.25) is 0 Å². The van der Waals surface area contributed by atoms with Crippen LogP contribution >= 0.6 is 0 Å². The van der Waals surface area contributed by atoms with Crippen molar-refractivity contribution in [2.45, 2.75) is 38.4 Å². The highest BCUT2D eigenvalue weighted by molar-refractivity contribution is 5.94. The van der Waals surface area contributed by atoms with Gasteiger partial charge in [-0.3, -0.25) is 0 Å². The van der Waals surface area contributed by atoms with Crippen LogP contribution in [0.1, 0.15) is 48.5 Å². The van der Waals surface area contributed by atoms with Crippen LogP contribution in [0.3, 0.4) is 0 Å². The van der Waals surface area contributed by atoms with E-state index in [2.05, 4.69) is 19.2 Å². The highest BCUT2D eigenvalue weighted by Crippen LogP contribution is 2.37. The normalized spacial score (nSPS) is 20.9. The molecule has 102 valence electrons. The van der Waals surface area contributed by atoms with E-state index >= 15 is 0 Å². The van der Waals surface area contributed by atoms with Gasteiger partial charge in [-0.2, -0.15) is 0 Å². The Hall–Kier alpha value is -1.55. The lowest BCUT2D eigenvalue weighted by Gasteiger charge is -2.40. The minimum absolute atomic E-state index is 0.259. The van der Waals surface area contributed by atoms with Crippen LogP contribution in [-0.2, 0) is 4.74 Å². The molecule has 1 saturated heterocycles. The summed E-state index contributed by atoms with van der Waals surface area (Å²) in [5.74, 6) is 0.0235. The van der Waals surface area contributed by atoms with E-state index in [-0.39, 0.29) is 5.97 Å². The smallest absolute Gasteiger partial charge is 0.345 e. The first kappa shape index (κ1) is 12.5. The number of fused-ring (bicyclic) bond motifs is 1. The van der Waals surface area contributed by atoms with E-state index in [1.165, 1.54) is 0 Å². The summed E-state index contributed by atoms with van der Waals surface area (Å²) >= 11 is 0. The quantitative estimate of drug-likeness (QED) is 0.789. The lowest BCUT2D eigenvalue weighted by atomic mass is 9.98. The Bertz CT molecular complexity index is 504. The molecule has 1 spiro atoms. The Labute approximate surface area is 113 Å². The summed E-state index contributed by atoms with van der Waals surface area (Å²) in [6.45, 7) is 5.83. The summed E-state index contributed by atoms with van der Waals surface area (Å²) in [5, 5.41) is 3.25. The third-order valence-electron chi connectivity index (χ3n) is 3.83. The van der Waals surface area contributed by atoms with Gasteiger partial charge in [0.1, 0.15) is 11.3 Å². The molecular weight excluding hydrogens is 242 g/mol. The first-order chi connectivity index (χ1) is 9.10. The van der Waals surface area contributed by atoms with Crippen molar-refractivity contribution in [3.63, 3.8) is 0 Å². The van der Waals surface area contributed by atoms with E-state index in [0.717, 1.165) is 18.7 Å². The lowest BCUT2D eigenvalue weighted by Crippen LogP contribution is -2.51. The van der Waals surface area contributed by atoms with Crippen molar-refractivity contribution in [1.82, 2.24) is 5.32 Å². The summed E-state index contributed by atoms with van der Waals surface area (Å²) in [6.07, 6.45) is 1.40. The Morgan fingerprint density at radius 3 is 2.63 bits per heavy atom. The molecule has 4 nitrogen and oxygen atoms in total. The van der Waals surface area contributed by atoms with Gasteiger partial charge in [-0.05, 0) is 23.6 Å². The molecule has 1 aromatic rings. The number of esters is 1. The van der Waals surface area contributed by atoms with E-state index < -0.39 is 5.79 Å². The maximum Gasteiger partial charge on any atom is 0.345 e. The van der Waals surface area contributed by atoms with Gasteiger partial charge in [0.15, 0.2) is 0 Å². The van der Waals surface area contributed by atoms with Crippen LogP contribution in [-0.4, -0.2) is 24.8 Å². The predicted octanol–water partition coefficient (Wildman–Crippen LogP) is 2.44. The molecule has 1 N–H and O–H groups in total. The van der Waals surface area contributed by atoms with Gasteiger partial charge in [-0.25, -0.2) is 4.79 Å².